The molecular weight excluding hydrogens is 386 g/mol. The van der Waals surface area contributed by atoms with Gasteiger partial charge in [-0.05, 0) is 24.3 Å². The summed E-state index contributed by atoms with van der Waals surface area (Å²) in [6, 6.07) is 14.8. The van der Waals surface area contributed by atoms with Crippen molar-refractivity contribution in [2.45, 2.75) is 6.54 Å². The van der Waals surface area contributed by atoms with Crippen LogP contribution in [0.1, 0.15) is 5.56 Å². The lowest BCUT2D eigenvalue weighted by Gasteiger charge is -2.26. The third kappa shape index (κ3) is 3.35. The van der Waals surface area contributed by atoms with Gasteiger partial charge in [0.1, 0.15) is 12.1 Å². The predicted octanol–water partition coefficient (Wildman–Crippen LogP) is 2.48. The van der Waals surface area contributed by atoms with Crippen molar-refractivity contribution in [3.8, 4) is 0 Å². The van der Waals surface area contributed by atoms with Crippen molar-refractivity contribution in [1.29, 1.82) is 0 Å². The van der Waals surface area contributed by atoms with Gasteiger partial charge in [0.15, 0.2) is 0 Å². The molecule has 30 heavy (non-hydrogen) atoms. The summed E-state index contributed by atoms with van der Waals surface area (Å²) in [6.07, 6.45) is 3.09. The number of anilines is 1. The average Bonchev–Trinajstić information content (AvgIpc) is 3.09. The van der Waals surface area contributed by atoms with Crippen molar-refractivity contribution in [2.24, 2.45) is 0 Å². The first-order valence-corrected chi connectivity index (χ1v) is 9.11. The van der Waals surface area contributed by atoms with Crippen LogP contribution in [0, 0.1) is 0 Å². The number of rotatable bonds is 4. The molecule has 0 atom stereocenters. The van der Waals surface area contributed by atoms with Crippen LogP contribution in [-0.4, -0.2) is 35.5 Å². The molecule has 0 spiro atoms. The Hall–Kier alpha value is -4.20. The summed E-state index contributed by atoms with van der Waals surface area (Å²) in [5.74, 6) is -1.93. The number of hydrogen-bond donors (Lipinski definition) is 1. The van der Waals surface area contributed by atoms with Gasteiger partial charge in [0.2, 0.25) is 0 Å². The average molecular weight is 403 g/mol. The second kappa shape index (κ2) is 7.67. The zero-order chi connectivity index (χ0) is 21.3. The van der Waals surface area contributed by atoms with Gasteiger partial charge in [-0.25, -0.2) is 9.69 Å². The van der Waals surface area contributed by atoms with Crippen LogP contribution in [-0.2, 0) is 25.7 Å². The number of para-hydroxylation sites is 2. The number of fused-ring (bicyclic) bond motifs is 1. The second-order valence-corrected chi connectivity index (χ2v) is 6.60. The Bertz CT molecular complexity index is 1210. The van der Waals surface area contributed by atoms with Crippen molar-refractivity contribution < 1.29 is 23.9 Å². The summed E-state index contributed by atoms with van der Waals surface area (Å²) in [7, 11) is 1.30. The lowest BCUT2D eigenvalue weighted by Crippen LogP contribution is -2.54. The van der Waals surface area contributed by atoms with Crippen molar-refractivity contribution >= 4 is 46.5 Å². The Morgan fingerprint density at radius 1 is 1.03 bits per heavy atom. The minimum absolute atomic E-state index is 0.0189. The van der Waals surface area contributed by atoms with Crippen molar-refractivity contribution in [1.82, 2.24) is 9.88 Å². The van der Waals surface area contributed by atoms with Crippen molar-refractivity contribution in [3.63, 3.8) is 0 Å². The summed E-state index contributed by atoms with van der Waals surface area (Å²) < 4.78 is 6.41. The first kappa shape index (κ1) is 19.1. The molecule has 1 aromatic heterocycles. The molecule has 0 aliphatic carbocycles. The fourth-order valence-corrected chi connectivity index (χ4v) is 3.35. The molecule has 8 heteroatoms. The highest BCUT2D eigenvalue weighted by atomic mass is 16.5. The van der Waals surface area contributed by atoms with E-state index in [-0.39, 0.29) is 12.1 Å². The molecule has 1 N–H and O–H groups in total. The number of methoxy groups -OCH3 is 1. The van der Waals surface area contributed by atoms with E-state index in [0.29, 0.717) is 11.3 Å². The zero-order valence-electron chi connectivity index (χ0n) is 16.0. The summed E-state index contributed by atoms with van der Waals surface area (Å²) in [4.78, 5) is 50.4. The van der Waals surface area contributed by atoms with Crippen LogP contribution in [0.25, 0.3) is 17.0 Å². The van der Waals surface area contributed by atoms with Gasteiger partial charge in [-0.3, -0.25) is 19.7 Å². The fraction of sp³-hybridized carbons (Fsp3) is 0.0909. The number of nitrogens with one attached hydrogen (secondary N) is 1. The Morgan fingerprint density at radius 3 is 2.47 bits per heavy atom. The van der Waals surface area contributed by atoms with Crippen molar-refractivity contribution in [3.05, 3.63) is 71.9 Å². The van der Waals surface area contributed by atoms with Gasteiger partial charge in [0.05, 0.1) is 12.8 Å². The maximum Gasteiger partial charge on any atom is 0.335 e. The highest BCUT2D eigenvalue weighted by Gasteiger charge is 2.36. The number of nitrogens with zero attached hydrogens (tertiary/aromatic N) is 2. The standard InChI is InChI=1S/C22H17N3O5/c1-30-19(26)13-24-12-14(16-9-5-6-10-18(16)24)11-17-20(27)23-22(29)25(21(17)28)15-7-3-2-4-8-15/h2-12H,13H2,1H3,(H,23,27,29)/b17-11+. The van der Waals surface area contributed by atoms with E-state index in [4.69, 9.17) is 4.74 Å². The maximum absolute atomic E-state index is 13.0. The number of amides is 4. The van der Waals surface area contributed by atoms with E-state index in [1.807, 2.05) is 24.3 Å². The molecular formula is C22H17N3O5. The number of carbonyl (C=O) groups excluding carboxylic acids is 4. The number of ether oxygens (including phenoxy) is 1. The second-order valence-electron chi connectivity index (χ2n) is 6.60. The minimum atomic E-state index is -0.804. The molecule has 0 radical (unpaired) electrons. The predicted molar refractivity (Wildman–Crippen MR) is 109 cm³/mol. The fourth-order valence-electron chi connectivity index (χ4n) is 3.35. The third-order valence-electron chi connectivity index (χ3n) is 4.76. The summed E-state index contributed by atoms with van der Waals surface area (Å²) in [6.45, 7) is -0.0189. The van der Waals surface area contributed by atoms with Gasteiger partial charge < -0.3 is 9.30 Å². The lowest BCUT2D eigenvalue weighted by atomic mass is 10.1. The number of benzene rings is 2. The molecule has 4 rings (SSSR count). The number of esters is 1. The zero-order valence-corrected chi connectivity index (χ0v) is 16.0. The Morgan fingerprint density at radius 2 is 1.73 bits per heavy atom. The number of imide groups is 2. The minimum Gasteiger partial charge on any atom is -0.468 e. The first-order valence-electron chi connectivity index (χ1n) is 9.11. The highest BCUT2D eigenvalue weighted by molar-refractivity contribution is 6.39. The molecule has 1 aliphatic rings. The first-order chi connectivity index (χ1) is 14.5. The maximum atomic E-state index is 13.0. The molecule has 1 aliphatic heterocycles. The van der Waals surface area contributed by atoms with Gasteiger partial charge in [-0.2, -0.15) is 0 Å². The highest BCUT2D eigenvalue weighted by Crippen LogP contribution is 2.26. The molecule has 1 saturated heterocycles. The molecule has 2 heterocycles. The Kier molecular flexibility index (Phi) is 4.89. The van der Waals surface area contributed by atoms with Gasteiger partial charge in [0, 0.05) is 22.7 Å². The SMILES string of the molecule is COC(=O)Cn1cc(/C=C2\C(=O)NC(=O)N(c3ccccc3)C2=O)c2ccccc21. The van der Waals surface area contributed by atoms with E-state index >= 15 is 0 Å². The van der Waals surface area contributed by atoms with Crippen LogP contribution in [0.2, 0.25) is 0 Å². The van der Waals surface area contributed by atoms with E-state index in [0.717, 1.165) is 15.8 Å². The van der Waals surface area contributed by atoms with E-state index in [2.05, 4.69) is 5.32 Å². The molecule has 8 nitrogen and oxygen atoms in total. The summed E-state index contributed by atoms with van der Waals surface area (Å²) in [5, 5.41) is 2.95. The third-order valence-corrected chi connectivity index (χ3v) is 4.76. The van der Waals surface area contributed by atoms with Gasteiger partial charge >= 0.3 is 12.0 Å². The molecule has 0 unspecified atom stereocenters. The van der Waals surface area contributed by atoms with Gasteiger partial charge in [0.25, 0.3) is 11.8 Å². The number of hydrogen-bond acceptors (Lipinski definition) is 5. The summed E-state index contributed by atoms with van der Waals surface area (Å²) >= 11 is 0. The van der Waals surface area contributed by atoms with Crippen molar-refractivity contribution in [2.75, 3.05) is 12.0 Å². The molecule has 150 valence electrons. The smallest absolute Gasteiger partial charge is 0.335 e. The van der Waals surface area contributed by atoms with Crippen LogP contribution in [0.5, 0.6) is 0 Å². The normalized spacial score (nSPS) is 15.6. The molecule has 0 saturated carbocycles. The van der Waals surface area contributed by atoms with Crippen LogP contribution in [0.15, 0.2) is 66.4 Å². The van der Waals surface area contributed by atoms with Crippen LogP contribution < -0.4 is 10.2 Å². The number of carbonyl (C=O) groups is 4. The molecule has 2 aromatic carbocycles. The van der Waals surface area contributed by atoms with E-state index < -0.39 is 23.8 Å². The van der Waals surface area contributed by atoms with Gasteiger partial charge in [-0.1, -0.05) is 36.4 Å². The van der Waals surface area contributed by atoms with Crippen LogP contribution in [0.3, 0.4) is 0 Å². The number of aromatic nitrogens is 1. The monoisotopic (exact) mass is 403 g/mol. The largest absolute Gasteiger partial charge is 0.468 e. The van der Waals surface area contributed by atoms with Crippen LogP contribution in [0.4, 0.5) is 10.5 Å². The van der Waals surface area contributed by atoms with E-state index in [1.54, 1.807) is 41.1 Å². The number of barbiturate groups is 1. The molecule has 1 fully saturated rings. The molecule has 0 bridgehead atoms. The van der Waals surface area contributed by atoms with Gasteiger partial charge in [-0.15, -0.1) is 0 Å². The Labute approximate surface area is 171 Å². The summed E-state index contributed by atoms with van der Waals surface area (Å²) in [5.41, 5.74) is 1.48. The van der Waals surface area contributed by atoms with E-state index in [9.17, 15) is 19.2 Å². The van der Waals surface area contributed by atoms with E-state index in [1.165, 1.54) is 13.2 Å². The molecule has 3 aromatic rings. The molecule has 4 amide bonds. The lowest BCUT2D eigenvalue weighted by molar-refractivity contribution is -0.141. The quantitative estimate of drug-likeness (QED) is 0.410. The topological polar surface area (TPSA) is 97.7 Å². The number of urea groups is 1. The van der Waals surface area contributed by atoms with Crippen LogP contribution >= 0.6 is 0 Å². The Balaban J connectivity index is 1.79.